The second kappa shape index (κ2) is 6.13. The topological polar surface area (TPSA) is 49.4 Å². The Morgan fingerprint density at radius 2 is 2.25 bits per heavy atom. The number of piperazine rings is 1. The molecule has 2 amide bonds. The fourth-order valence-corrected chi connectivity index (χ4v) is 2.13. The maximum atomic E-state index is 12.0. The Kier molecular flexibility index (Phi) is 5.12. The number of rotatable bonds is 5. The molecule has 0 aromatic heterocycles. The molecule has 0 spiro atoms. The molecule has 0 radical (unpaired) electrons. The number of amides is 2. The van der Waals surface area contributed by atoms with Crippen molar-refractivity contribution in [3.05, 3.63) is 0 Å². The molecule has 1 rings (SSSR count). The van der Waals surface area contributed by atoms with E-state index in [4.69, 9.17) is 0 Å². The van der Waals surface area contributed by atoms with Crippen LogP contribution in [0.3, 0.4) is 0 Å². The third-order valence-corrected chi connectivity index (χ3v) is 3.69. The first kappa shape index (κ1) is 13.4. The second-order valence-electron chi connectivity index (χ2n) is 4.17. The van der Waals surface area contributed by atoms with E-state index in [1.54, 1.807) is 16.7 Å². The van der Waals surface area contributed by atoms with Crippen LogP contribution < -0.4 is 5.32 Å². The molecule has 1 aliphatic rings. The van der Waals surface area contributed by atoms with Crippen LogP contribution in [0.5, 0.6) is 0 Å². The normalized spacial score (nSPS) is 23.2. The van der Waals surface area contributed by atoms with E-state index < -0.39 is 0 Å². The zero-order valence-electron chi connectivity index (χ0n) is 10.2. The minimum absolute atomic E-state index is 0.0358. The Balaban J connectivity index is 2.61. The van der Waals surface area contributed by atoms with Gasteiger partial charge in [-0.05, 0) is 12.7 Å². The molecule has 0 aliphatic carbocycles. The summed E-state index contributed by atoms with van der Waals surface area (Å²) in [6.07, 6.45) is 3.65. The van der Waals surface area contributed by atoms with Gasteiger partial charge in [-0.1, -0.05) is 20.3 Å². The molecule has 5 heteroatoms. The second-order valence-corrected chi connectivity index (χ2v) is 5.45. The maximum Gasteiger partial charge on any atom is 0.245 e. The molecule has 1 fully saturated rings. The highest BCUT2D eigenvalue weighted by atomic mass is 32.2. The average molecular weight is 244 g/mol. The molecule has 92 valence electrons. The van der Waals surface area contributed by atoms with Gasteiger partial charge in [0.1, 0.15) is 6.04 Å². The van der Waals surface area contributed by atoms with Crippen molar-refractivity contribution >= 4 is 23.6 Å². The molecule has 0 aromatic rings. The Hall–Kier alpha value is -0.710. The van der Waals surface area contributed by atoms with Crippen molar-refractivity contribution in [2.24, 2.45) is 0 Å². The van der Waals surface area contributed by atoms with Crippen molar-refractivity contribution in [1.82, 2.24) is 10.2 Å². The van der Waals surface area contributed by atoms with Gasteiger partial charge in [-0.25, -0.2) is 0 Å². The quantitative estimate of drug-likeness (QED) is 0.780. The Morgan fingerprint density at radius 3 is 2.81 bits per heavy atom. The first-order valence-corrected chi connectivity index (χ1v) is 6.98. The van der Waals surface area contributed by atoms with Crippen LogP contribution in [-0.4, -0.2) is 47.4 Å². The van der Waals surface area contributed by atoms with Gasteiger partial charge in [0.25, 0.3) is 0 Å². The Morgan fingerprint density at radius 1 is 1.56 bits per heavy atom. The molecule has 1 aliphatic heterocycles. The largest absolute Gasteiger partial charge is 0.343 e. The molecule has 1 N–H and O–H groups in total. The van der Waals surface area contributed by atoms with Crippen LogP contribution in [0.1, 0.15) is 26.7 Å². The van der Waals surface area contributed by atoms with Crippen LogP contribution in [0.4, 0.5) is 0 Å². The molecular weight excluding hydrogens is 224 g/mol. The third-order valence-electron chi connectivity index (χ3n) is 2.74. The van der Waals surface area contributed by atoms with Crippen molar-refractivity contribution in [3.63, 3.8) is 0 Å². The fourth-order valence-electron chi connectivity index (χ4n) is 1.80. The summed E-state index contributed by atoms with van der Waals surface area (Å²) in [5.41, 5.74) is 0. The summed E-state index contributed by atoms with van der Waals surface area (Å²) in [6.45, 7) is 4.96. The molecule has 0 aromatic carbocycles. The summed E-state index contributed by atoms with van der Waals surface area (Å²) >= 11 is 1.71. The number of hydrogen-bond acceptors (Lipinski definition) is 3. The van der Waals surface area contributed by atoms with E-state index in [1.165, 1.54) is 0 Å². The van der Waals surface area contributed by atoms with Crippen LogP contribution >= 0.6 is 11.8 Å². The van der Waals surface area contributed by atoms with Crippen LogP contribution in [0.15, 0.2) is 0 Å². The number of nitrogens with zero attached hydrogens (tertiary/aromatic N) is 1. The standard InChI is InChI=1S/C11H20N2O2S/c1-4-5-9-11(15)13(6-8(2)16-3)7-10(14)12-9/h8-9H,4-7H2,1-3H3,(H,12,14). The number of carbonyl (C=O) groups is 2. The number of hydrogen-bond donors (Lipinski definition) is 1. The van der Waals surface area contributed by atoms with Gasteiger partial charge in [-0.2, -0.15) is 11.8 Å². The summed E-state index contributed by atoms with van der Waals surface area (Å²) < 4.78 is 0. The van der Waals surface area contributed by atoms with Gasteiger partial charge in [0.2, 0.25) is 11.8 Å². The fraction of sp³-hybridized carbons (Fsp3) is 0.818. The zero-order valence-corrected chi connectivity index (χ0v) is 11.0. The summed E-state index contributed by atoms with van der Waals surface area (Å²) in [7, 11) is 0. The highest BCUT2D eigenvalue weighted by molar-refractivity contribution is 7.99. The average Bonchev–Trinajstić information content (AvgIpc) is 2.25. The monoisotopic (exact) mass is 244 g/mol. The predicted molar refractivity (Wildman–Crippen MR) is 66.4 cm³/mol. The molecule has 0 bridgehead atoms. The lowest BCUT2D eigenvalue weighted by molar-refractivity contribution is -0.144. The van der Waals surface area contributed by atoms with E-state index in [0.29, 0.717) is 11.8 Å². The third kappa shape index (κ3) is 3.40. The van der Waals surface area contributed by atoms with Crippen LogP contribution in [0, 0.1) is 0 Å². The maximum absolute atomic E-state index is 12.0. The predicted octanol–water partition coefficient (Wildman–Crippen LogP) is 0.865. The number of carbonyl (C=O) groups excluding carboxylic acids is 2. The van der Waals surface area contributed by atoms with Gasteiger partial charge in [-0.15, -0.1) is 0 Å². The van der Waals surface area contributed by atoms with E-state index in [2.05, 4.69) is 12.2 Å². The molecule has 1 heterocycles. The van der Waals surface area contributed by atoms with Crippen molar-refractivity contribution in [1.29, 1.82) is 0 Å². The minimum Gasteiger partial charge on any atom is -0.343 e. The molecule has 2 unspecified atom stereocenters. The highest BCUT2D eigenvalue weighted by Gasteiger charge is 2.32. The van der Waals surface area contributed by atoms with E-state index in [0.717, 1.165) is 12.8 Å². The SMILES string of the molecule is CCCC1NC(=O)CN(CC(C)SC)C1=O. The van der Waals surface area contributed by atoms with Crippen LogP contribution in [-0.2, 0) is 9.59 Å². The molecule has 16 heavy (non-hydrogen) atoms. The molecule has 4 nitrogen and oxygen atoms in total. The summed E-state index contributed by atoms with van der Waals surface area (Å²) in [6, 6.07) is -0.305. The van der Waals surface area contributed by atoms with Gasteiger partial charge in [0.05, 0.1) is 6.54 Å². The van der Waals surface area contributed by atoms with Gasteiger partial charge >= 0.3 is 0 Å². The van der Waals surface area contributed by atoms with Crippen molar-refractivity contribution in [2.45, 2.75) is 38.0 Å². The van der Waals surface area contributed by atoms with E-state index in [1.807, 2.05) is 13.2 Å². The van der Waals surface area contributed by atoms with Crippen LogP contribution in [0.25, 0.3) is 0 Å². The smallest absolute Gasteiger partial charge is 0.245 e. The summed E-state index contributed by atoms with van der Waals surface area (Å²) in [5, 5.41) is 3.12. The van der Waals surface area contributed by atoms with Gasteiger partial charge in [0, 0.05) is 11.8 Å². The van der Waals surface area contributed by atoms with Crippen molar-refractivity contribution in [3.8, 4) is 0 Å². The molecule has 2 atom stereocenters. The first-order chi connectivity index (χ1) is 7.58. The first-order valence-electron chi connectivity index (χ1n) is 5.69. The Labute approximate surface area is 101 Å². The van der Waals surface area contributed by atoms with Gasteiger partial charge in [0.15, 0.2) is 0 Å². The van der Waals surface area contributed by atoms with Crippen LogP contribution in [0.2, 0.25) is 0 Å². The highest BCUT2D eigenvalue weighted by Crippen LogP contribution is 2.12. The lowest BCUT2D eigenvalue weighted by Gasteiger charge is -2.33. The molecule has 0 saturated carbocycles. The van der Waals surface area contributed by atoms with E-state index in [9.17, 15) is 9.59 Å². The summed E-state index contributed by atoms with van der Waals surface area (Å²) in [5.74, 6) is 0.0358. The van der Waals surface area contributed by atoms with Gasteiger partial charge in [-0.3, -0.25) is 9.59 Å². The van der Waals surface area contributed by atoms with Crippen molar-refractivity contribution < 1.29 is 9.59 Å². The van der Waals surface area contributed by atoms with Gasteiger partial charge < -0.3 is 10.2 Å². The number of nitrogens with one attached hydrogen (secondary N) is 1. The van der Waals surface area contributed by atoms with E-state index >= 15 is 0 Å². The molecular formula is C11H20N2O2S. The Bertz CT molecular complexity index is 271. The summed E-state index contributed by atoms with van der Waals surface area (Å²) in [4.78, 5) is 25.2. The van der Waals surface area contributed by atoms with Crippen molar-refractivity contribution in [2.75, 3.05) is 19.3 Å². The molecule has 1 saturated heterocycles. The minimum atomic E-state index is -0.305. The lowest BCUT2D eigenvalue weighted by Crippen LogP contribution is -2.58. The zero-order chi connectivity index (χ0) is 12.1. The van der Waals surface area contributed by atoms with E-state index in [-0.39, 0.29) is 24.4 Å². The lowest BCUT2D eigenvalue weighted by atomic mass is 10.1. The number of thioether (sulfide) groups is 1.